The van der Waals surface area contributed by atoms with Gasteiger partial charge in [-0.2, -0.15) is 0 Å². The molecule has 0 atom stereocenters. The zero-order chi connectivity index (χ0) is 26.5. The first-order chi connectivity index (χ1) is 17.5. The minimum absolute atomic E-state index is 0.0597. The average Bonchev–Trinajstić information content (AvgIpc) is 2.89. The predicted octanol–water partition coefficient (Wildman–Crippen LogP) is 6.83. The fraction of sp³-hybridized carbons (Fsp3) is 0.567. The van der Waals surface area contributed by atoms with Gasteiger partial charge in [-0.3, -0.25) is 14.4 Å². The van der Waals surface area contributed by atoms with Gasteiger partial charge in [0, 0.05) is 12.8 Å². The summed E-state index contributed by atoms with van der Waals surface area (Å²) in [4.78, 5) is 38.1. The second-order valence-corrected chi connectivity index (χ2v) is 8.92. The first-order valence-corrected chi connectivity index (χ1v) is 13.4. The van der Waals surface area contributed by atoms with Crippen LogP contribution in [-0.2, 0) is 28.6 Å². The van der Waals surface area contributed by atoms with Crippen LogP contribution in [0.15, 0.2) is 48.6 Å². The largest absolute Gasteiger partial charge is 0.466 e. The van der Waals surface area contributed by atoms with E-state index in [2.05, 4.69) is 0 Å². The second-order valence-electron chi connectivity index (χ2n) is 8.92. The fourth-order valence-electron chi connectivity index (χ4n) is 3.44. The highest BCUT2D eigenvalue weighted by Crippen LogP contribution is 2.34. The molecule has 0 spiro atoms. The number of rotatable bonds is 19. The number of carbonyl (C=O) groups is 3. The summed E-state index contributed by atoms with van der Waals surface area (Å²) in [6.07, 6.45) is 12.9. The Hall–Kier alpha value is -2.89. The third-order valence-electron chi connectivity index (χ3n) is 5.82. The molecule has 1 rings (SSSR count). The molecule has 6 heteroatoms. The van der Waals surface area contributed by atoms with Crippen molar-refractivity contribution in [3.05, 3.63) is 54.1 Å². The topological polar surface area (TPSA) is 78.9 Å². The van der Waals surface area contributed by atoms with Gasteiger partial charge in [0.2, 0.25) is 0 Å². The van der Waals surface area contributed by atoms with Crippen LogP contribution in [0.5, 0.6) is 0 Å². The van der Waals surface area contributed by atoms with Crippen LogP contribution in [0.25, 0.3) is 6.08 Å². The highest BCUT2D eigenvalue weighted by Gasteiger charge is 2.38. The summed E-state index contributed by atoms with van der Waals surface area (Å²) in [5.74, 6) is -1.14. The normalized spacial score (nSPS) is 11.6. The summed E-state index contributed by atoms with van der Waals surface area (Å²) in [6, 6.07) is 9.81. The molecule has 0 bridgehead atoms. The maximum atomic E-state index is 13.3. The molecule has 6 nitrogen and oxygen atoms in total. The highest BCUT2D eigenvalue weighted by atomic mass is 16.5. The van der Waals surface area contributed by atoms with E-state index in [9.17, 15) is 14.4 Å². The van der Waals surface area contributed by atoms with E-state index < -0.39 is 11.4 Å². The first kappa shape index (κ1) is 31.1. The average molecular weight is 501 g/mol. The SMILES string of the molecule is CCCCOC(=O)CCC(/C=C/C=C/c1ccccc1)(CCC(=O)OCCCC)C(=O)OCCCC. The first-order valence-electron chi connectivity index (χ1n) is 13.4. The van der Waals surface area contributed by atoms with Crippen molar-refractivity contribution in [1.29, 1.82) is 0 Å². The van der Waals surface area contributed by atoms with Crippen molar-refractivity contribution in [2.45, 2.75) is 85.0 Å². The lowest BCUT2D eigenvalue weighted by atomic mass is 9.78. The molecule has 1 aromatic rings. The molecule has 0 aliphatic carbocycles. The number of ether oxygens (including phenoxy) is 3. The third-order valence-corrected chi connectivity index (χ3v) is 5.82. The zero-order valence-corrected chi connectivity index (χ0v) is 22.3. The number of benzene rings is 1. The molecule has 0 saturated carbocycles. The summed E-state index contributed by atoms with van der Waals surface area (Å²) in [5, 5.41) is 0. The molecule has 0 saturated heterocycles. The van der Waals surface area contributed by atoms with Crippen LogP contribution < -0.4 is 0 Å². The van der Waals surface area contributed by atoms with Crippen LogP contribution in [0.4, 0.5) is 0 Å². The van der Waals surface area contributed by atoms with Crippen molar-refractivity contribution in [2.75, 3.05) is 19.8 Å². The van der Waals surface area contributed by atoms with Gasteiger partial charge in [-0.1, -0.05) is 94.7 Å². The number of hydrogen-bond donors (Lipinski definition) is 0. The number of esters is 3. The number of unbranched alkanes of at least 4 members (excludes halogenated alkanes) is 3. The molecule has 0 heterocycles. The van der Waals surface area contributed by atoms with Crippen LogP contribution in [0.2, 0.25) is 0 Å². The molecule has 0 fully saturated rings. The molecule has 0 radical (unpaired) electrons. The molecule has 0 aliphatic heterocycles. The van der Waals surface area contributed by atoms with Crippen molar-refractivity contribution >= 4 is 24.0 Å². The lowest BCUT2D eigenvalue weighted by Gasteiger charge is -2.28. The van der Waals surface area contributed by atoms with Crippen molar-refractivity contribution in [3.8, 4) is 0 Å². The van der Waals surface area contributed by atoms with E-state index in [1.165, 1.54) is 0 Å². The molecule has 0 N–H and O–H groups in total. The van der Waals surface area contributed by atoms with Crippen LogP contribution in [-0.4, -0.2) is 37.7 Å². The lowest BCUT2D eigenvalue weighted by molar-refractivity contribution is -0.155. The van der Waals surface area contributed by atoms with E-state index in [1.54, 1.807) is 12.2 Å². The van der Waals surface area contributed by atoms with Gasteiger partial charge in [0.15, 0.2) is 0 Å². The summed E-state index contributed by atoms with van der Waals surface area (Å²) in [6.45, 7) is 7.10. The molecule has 1 aromatic carbocycles. The fourth-order valence-corrected chi connectivity index (χ4v) is 3.44. The lowest BCUT2D eigenvalue weighted by Crippen LogP contribution is -2.33. The maximum absolute atomic E-state index is 13.3. The number of allylic oxidation sites excluding steroid dienone is 2. The van der Waals surface area contributed by atoms with Crippen LogP contribution >= 0.6 is 0 Å². The van der Waals surface area contributed by atoms with Crippen molar-refractivity contribution < 1.29 is 28.6 Å². The van der Waals surface area contributed by atoms with Gasteiger partial charge in [0.1, 0.15) is 0 Å². The van der Waals surface area contributed by atoms with E-state index in [4.69, 9.17) is 14.2 Å². The van der Waals surface area contributed by atoms with E-state index in [1.807, 2.05) is 63.3 Å². The van der Waals surface area contributed by atoms with Gasteiger partial charge in [-0.05, 0) is 37.7 Å². The molecule has 200 valence electrons. The molecular formula is C30H44O6. The molecule has 0 amide bonds. The summed E-state index contributed by atoms with van der Waals surface area (Å²) >= 11 is 0. The molecule has 0 aliphatic rings. The minimum atomic E-state index is -1.14. The Morgan fingerprint density at radius 1 is 0.722 bits per heavy atom. The third kappa shape index (κ3) is 13.3. The van der Waals surface area contributed by atoms with E-state index in [0.717, 1.165) is 44.1 Å². The Labute approximate surface area is 217 Å². The summed E-state index contributed by atoms with van der Waals surface area (Å²) < 4.78 is 16.2. The van der Waals surface area contributed by atoms with Gasteiger partial charge in [0.05, 0.1) is 25.2 Å². The van der Waals surface area contributed by atoms with Gasteiger partial charge in [0.25, 0.3) is 0 Å². The van der Waals surface area contributed by atoms with Crippen molar-refractivity contribution in [1.82, 2.24) is 0 Å². The van der Waals surface area contributed by atoms with Crippen LogP contribution in [0, 0.1) is 5.41 Å². The standard InChI is InChI=1S/C30H44O6/c1-4-7-23-34-27(31)18-21-30(29(33)36-25-9-6-3,22-19-28(32)35-24-8-5-2)20-14-13-17-26-15-11-10-12-16-26/h10-17,20H,4-9,18-19,21-25H2,1-3H3/b17-13+,20-14+. The smallest absolute Gasteiger partial charge is 0.315 e. The number of hydrogen-bond acceptors (Lipinski definition) is 6. The predicted molar refractivity (Wildman–Crippen MR) is 143 cm³/mol. The van der Waals surface area contributed by atoms with Gasteiger partial charge in [-0.15, -0.1) is 0 Å². The Morgan fingerprint density at radius 2 is 1.22 bits per heavy atom. The highest BCUT2D eigenvalue weighted by molar-refractivity contribution is 5.81. The Kier molecular flexibility index (Phi) is 16.7. The van der Waals surface area contributed by atoms with Gasteiger partial charge in [-0.25, -0.2) is 0 Å². The Bertz CT molecular complexity index is 786. The summed E-state index contributed by atoms with van der Waals surface area (Å²) in [5.41, 5.74) is -0.111. The molecule has 0 unspecified atom stereocenters. The molecule has 0 aromatic heterocycles. The van der Waals surface area contributed by atoms with E-state index in [-0.39, 0.29) is 37.6 Å². The van der Waals surface area contributed by atoms with Crippen molar-refractivity contribution in [3.63, 3.8) is 0 Å². The Morgan fingerprint density at radius 3 is 1.72 bits per heavy atom. The minimum Gasteiger partial charge on any atom is -0.466 e. The van der Waals surface area contributed by atoms with Crippen molar-refractivity contribution in [2.24, 2.45) is 5.41 Å². The van der Waals surface area contributed by atoms with Gasteiger partial charge >= 0.3 is 17.9 Å². The molecule has 36 heavy (non-hydrogen) atoms. The van der Waals surface area contributed by atoms with Gasteiger partial charge < -0.3 is 14.2 Å². The monoisotopic (exact) mass is 500 g/mol. The second kappa shape index (κ2) is 19.3. The molecular weight excluding hydrogens is 456 g/mol. The van der Waals surface area contributed by atoms with Crippen LogP contribution in [0.3, 0.4) is 0 Å². The zero-order valence-electron chi connectivity index (χ0n) is 22.3. The maximum Gasteiger partial charge on any atom is 0.315 e. The van der Waals surface area contributed by atoms with E-state index in [0.29, 0.717) is 19.8 Å². The summed E-state index contributed by atoms with van der Waals surface area (Å²) in [7, 11) is 0. The number of carbonyl (C=O) groups excluding carboxylic acids is 3. The Balaban J connectivity index is 3.09. The van der Waals surface area contributed by atoms with E-state index >= 15 is 0 Å². The quantitative estimate of drug-likeness (QED) is 0.0896. The van der Waals surface area contributed by atoms with Crippen LogP contribution in [0.1, 0.15) is 90.5 Å².